The molecule has 3 rings (SSSR count). The van der Waals surface area contributed by atoms with E-state index in [0.29, 0.717) is 24.5 Å². The van der Waals surface area contributed by atoms with Gasteiger partial charge in [0.15, 0.2) is 5.13 Å². The summed E-state index contributed by atoms with van der Waals surface area (Å²) in [5.41, 5.74) is 6.02. The maximum atomic E-state index is 12.1. The number of nitrogen functional groups attached to an aromatic ring is 1. The molecule has 5 nitrogen and oxygen atoms in total. The maximum Gasteiger partial charge on any atom is 0.220 e. The van der Waals surface area contributed by atoms with Crippen LogP contribution in [0.5, 0.6) is 0 Å². The summed E-state index contributed by atoms with van der Waals surface area (Å²) in [6.45, 7) is 0.356. The quantitative estimate of drug-likeness (QED) is 0.747. The Labute approximate surface area is 143 Å². The predicted octanol–water partition coefficient (Wildman–Crippen LogP) is 2.81. The van der Waals surface area contributed by atoms with Gasteiger partial charge in [-0.25, -0.2) is 4.98 Å². The number of thiophene rings is 1. The minimum Gasteiger partial charge on any atom is -0.388 e. The number of thiazole rings is 1. The van der Waals surface area contributed by atoms with Crippen LogP contribution in [0.3, 0.4) is 0 Å². The molecule has 23 heavy (non-hydrogen) atoms. The van der Waals surface area contributed by atoms with Crippen molar-refractivity contribution in [2.45, 2.75) is 44.1 Å². The first-order chi connectivity index (χ1) is 11.1. The summed E-state index contributed by atoms with van der Waals surface area (Å²) >= 11 is 3.06. The van der Waals surface area contributed by atoms with Crippen LogP contribution in [-0.2, 0) is 11.2 Å². The van der Waals surface area contributed by atoms with Crippen molar-refractivity contribution in [1.29, 1.82) is 0 Å². The summed E-state index contributed by atoms with van der Waals surface area (Å²) in [5, 5.41) is 15.7. The van der Waals surface area contributed by atoms with E-state index in [4.69, 9.17) is 5.73 Å². The van der Waals surface area contributed by atoms with Crippen LogP contribution in [-0.4, -0.2) is 28.1 Å². The SMILES string of the molecule is Nc1nc(-c2cccs2)c(CCC(=O)NCC2(O)CCCC2)s1. The molecule has 2 aromatic rings. The fraction of sp³-hybridized carbons (Fsp3) is 0.500. The van der Waals surface area contributed by atoms with Crippen molar-refractivity contribution >= 4 is 33.7 Å². The first-order valence-electron chi connectivity index (χ1n) is 7.84. The Kier molecular flexibility index (Phi) is 4.99. The molecule has 4 N–H and O–H groups in total. The average Bonchev–Trinajstić information content (AvgIpc) is 3.24. The zero-order valence-corrected chi connectivity index (χ0v) is 14.5. The van der Waals surface area contributed by atoms with Crippen LogP contribution in [0.15, 0.2) is 17.5 Å². The molecule has 1 aliphatic rings. The van der Waals surface area contributed by atoms with Gasteiger partial charge in [0, 0.05) is 17.8 Å². The van der Waals surface area contributed by atoms with Gasteiger partial charge in [0.2, 0.25) is 5.91 Å². The molecular weight excluding hydrogens is 330 g/mol. The normalized spacial score (nSPS) is 16.6. The second-order valence-electron chi connectivity index (χ2n) is 6.01. The Bertz CT molecular complexity index is 661. The monoisotopic (exact) mass is 351 g/mol. The second kappa shape index (κ2) is 6.98. The maximum absolute atomic E-state index is 12.1. The van der Waals surface area contributed by atoms with E-state index in [-0.39, 0.29) is 5.91 Å². The molecule has 1 fully saturated rings. The highest BCUT2D eigenvalue weighted by Gasteiger charge is 2.31. The van der Waals surface area contributed by atoms with Crippen LogP contribution >= 0.6 is 22.7 Å². The van der Waals surface area contributed by atoms with Crippen molar-refractivity contribution < 1.29 is 9.90 Å². The standard InChI is InChI=1S/C16H21N3O2S2/c17-15-19-14(11-4-3-9-22-11)12(23-15)5-6-13(20)18-10-16(21)7-1-2-8-16/h3-4,9,21H,1-2,5-8,10H2,(H2,17,19)(H,18,20). The van der Waals surface area contributed by atoms with Crippen molar-refractivity contribution in [2.24, 2.45) is 0 Å². The van der Waals surface area contributed by atoms with Crippen LogP contribution in [0.2, 0.25) is 0 Å². The Morgan fingerprint density at radius 2 is 2.22 bits per heavy atom. The van der Waals surface area contributed by atoms with E-state index in [0.717, 1.165) is 41.1 Å². The van der Waals surface area contributed by atoms with Crippen LogP contribution < -0.4 is 11.1 Å². The topological polar surface area (TPSA) is 88.2 Å². The highest BCUT2D eigenvalue weighted by Crippen LogP contribution is 2.33. The lowest BCUT2D eigenvalue weighted by Gasteiger charge is -2.22. The molecule has 124 valence electrons. The van der Waals surface area contributed by atoms with Crippen molar-refractivity contribution in [3.63, 3.8) is 0 Å². The molecule has 0 spiro atoms. The van der Waals surface area contributed by atoms with E-state index in [1.54, 1.807) is 11.3 Å². The lowest BCUT2D eigenvalue weighted by Crippen LogP contribution is -2.40. The van der Waals surface area contributed by atoms with Crippen LogP contribution in [0.4, 0.5) is 5.13 Å². The van der Waals surface area contributed by atoms with Gasteiger partial charge in [0.25, 0.3) is 0 Å². The summed E-state index contributed by atoms with van der Waals surface area (Å²) in [6.07, 6.45) is 4.64. The summed E-state index contributed by atoms with van der Waals surface area (Å²) in [7, 11) is 0. The van der Waals surface area contributed by atoms with Gasteiger partial charge < -0.3 is 16.2 Å². The van der Waals surface area contributed by atoms with Gasteiger partial charge >= 0.3 is 0 Å². The second-order valence-corrected chi connectivity index (χ2v) is 8.07. The first-order valence-corrected chi connectivity index (χ1v) is 9.53. The zero-order chi connectivity index (χ0) is 16.3. The molecule has 2 aromatic heterocycles. The van der Waals surface area contributed by atoms with Gasteiger partial charge in [-0.1, -0.05) is 18.9 Å². The first kappa shape index (κ1) is 16.4. The number of rotatable bonds is 6. The molecule has 1 aliphatic carbocycles. The third-order valence-corrected chi connectivity index (χ3v) is 6.02. The third kappa shape index (κ3) is 4.10. The lowest BCUT2D eigenvalue weighted by molar-refractivity contribution is -0.122. The molecule has 0 aromatic carbocycles. The highest BCUT2D eigenvalue weighted by molar-refractivity contribution is 7.17. The van der Waals surface area contributed by atoms with E-state index in [1.807, 2.05) is 17.5 Å². The number of carbonyl (C=O) groups excluding carboxylic acids is 1. The van der Waals surface area contributed by atoms with E-state index < -0.39 is 5.60 Å². The Morgan fingerprint density at radius 3 is 2.91 bits per heavy atom. The molecule has 1 amide bonds. The molecule has 0 unspecified atom stereocenters. The molecule has 0 saturated heterocycles. The number of aromatic nitrogens is 1. The van der Waals surface area contributed by atoms with Crippen molar-refractivity contribution in [1.82, 2.24) is 10.3 Å². The van der Waals surface area contributed by atoms with Gasteiger partial charge in [0.05, 0.1) is 16.2 Å². The Morgan fingerprint density at radius 1 is 1.43 bits per heavy atom. The number of hydrogen-bond donors (Lipinski definition) is 3. The number of nitrogens with two attached hydrogens (primary N) is 1. The molecule has 2 heterocycles. The molecule has 0 bridgehead atoms. The minimum atomic E-state index is -0.702. The molecule has 0 atom stereocenters. The lowest BCUT2D eigenvalue weighted by atomic mass is 10.0. The van der Waals surface area contributed by atoms with E-state index in [2.05, 4.69) is 10.3 Å². The number of nitrogens with zero attached hydrogens (tertiary/aromatic N) is 1. The number of carbonyl (C=O) groups is 1. The van der Waals surface area contributed by atoms with E-state index in [1.165, 1.54) is 11.3 Å². The van der Waals surface area contributed by atoms with Crippen molar-refractivity contribution in [3.8, 4) is 10.6 Å². The number of anilines is 1. The molecule has 0 radical (unpaired) electrons. The molecule has 0 aliphatic heterocycles. The van der Waals surface area contributed by atoms with Gasteiger partial charge in [0.1, 0.15) is 0 Å². The summed E-state index contributed by atoms with van der Waals surface area (Å²) < 4.78 is 0. The summed E-state index contributed by atoms with van der Waals surface area (Å²) in [5.74, 6) is -0.0329. The number of aliphatic hydroxyl groups is 1. The van der Waals surface area contributed by atoms with Crippen LogP contribution in [0.25, 0.3) is 10.6 Å². The van der Waals surface area contributed by atoms with Gasteiger partial charge in [-0.05, 0) is 30.7 Å². The fourth-order valence-electron chi connectivity index (χ4n) is 2.93. The number of amides is 1. The molecule has 1 saturated carbocycles. The van der Waals surface area contributed by atoms with Gasteiger partial charge in [-0.2, -0.15) is 0 Å². The predicted molar refractivity (Wildman–Crippen MR) is 94.6 cm³/mol. The van der Waals surface area contributed by atoms with Crippen molar-refractivity contribution in [3.05, 3.63) is 22.4 Å². The van der Waals surface area contributed by atoms with Crippen molar-refractivity contribution in [2.75, 3.05) is 12.3 Å². The number of hydrogen-bond acceptors (Lipinski definition) is 6. The molecule has 7 heteroatoms. The Balaban J connectivity index is 1.55. The smallest absolute Gasteiger partial charge is 0.220 e. The zero-order valence-electron chi connectivity index (χ0n) is 12.9. The fourth-order valence-corrected chi connectivity index (χ4v) is 4.59. The summed E-state index contributed by atoms with van der Waals surface area (Å²) in [6, 6.07) is 3.99. The van der Waals surface area contributed by atoms with Gasteiger partial charge in [-0.15, -0.1) is 22.7 Å². The van der Waals surface area contributed by atoms with E-state index in [9.17, 15) is 9.90 Å². The molecular formula is C16H21N3O2S2. The summed E-state index contributed by atoms with van der Waals surface area (Å²) in [4.78, 5) is 18.6. The Hall–Kier alpha value is -1.44. The number of nitrogens with one attached hydrogen (secondary N) is 1. The average molecular weight is 351 g/mol. The van der Waals surface area contributed by atoms with Gasteiger partial charge in [-0.3, -0.25) is 4.79 Å². The minimum absolute atomic E-state index is 0.0329. The number of aryl methyl sites for hydroxylation is 1. The highest BCUT2D eigenvalue weighted by atomic mass is 32.1. The largest absolute Gasteiger partial charge is 0.388 e. The van der Waals surface area contributed by atoms with Crippen LogP contribution in [0.1, 0.15) is 37.0 Å². The van der Waals surface area contributed by atoms with Crippen LogP contribution in [0, 0.1) is 0 Å². The van der Waals surface area contributed by atoms with E-state index >= 15 is 0 Å². The third-order valence-electron chi connectivity index (χ3n) is 4.20.